The van der Waals surface area contributed by atoms with Crippen LogP contribution in [0.3, 0.4) is 0 Å². The van der Waals surface area contributed by atoms with E-state index in [-0.39, 0.29) is 11.2 Å². The molecule has 2 fully saturated rings. The lowest BCUT2D eigenvalue weighted by molar-refractivity contribution is 0.292. The SMILES string of the molecule is C[C@@H]1CCCN(c2ccc(NC(=S)NCC3(c4ccc(F)cc4)CCCCC3)cn2)C1. The molecule has 31 heavy (non-hydrogen) atoms. The van der Waals surface area contributed by atoms with Crippen LogP contribution in [0, 0.1) is 11.7 Å². The second kappa shape index (κ2) is 9.94. The molecule has 1 aromatic heterocycles. The molecule has 2 heterocycles. The predicted octanol–water partition coefficient (Wildman–Crippen LogP) is 5.65. The van der Waals surface area contributed by atoms with Crippen LogP contribution < -0.4 is 15.5 Å². The summed E-state index contributed by atoms with van der Waals surface area (Å²) >= 11 is 5.58. The monoisotopic (exact) mass is 440 g/mol. The van der Waals surface area contributed by atoms with Gasteiger partial charge < -0.3 is 15.5 Å². The minimum absolute atomic E-state index is 0.00472. The van der Waals surface area contributed by atoms with E-state index in [9.17, 15) is 4.39 Å². The van der Waals surface area contributed by atoms with Crippen LogP contribution in [0.15, 0.2) is 42.6 Å². The molecule has 2 aliphatic rings. The van der Waals surface area contributed by atoms with Gasteiger partial charge in [-0.2, -0.15) is 0 Å². The van der Waals surface area contributed by atoms with E-state index in [0.29, 0.717) is 5.11 Å². The van der Waals surface area contributed by atoms with E-state index in [4.69, 9.17) is 12.2 Å². The zero-order valence-electron chi connectivity index (χ0n) is 18.4. The average molecular weight is 441 g/mol. The molecule has 1 aromatic carbocycles. The Labute approximate surface area is 190 Å². The van der Waals surface area contributed by atoms with Gasteiger partial charge in [-0.1, -0.05) is 38.3 Å². The lowest BCUT2D eigenvalue weighted by atomic mass is 9.69. The Kier molecular flexibility index (Phi) is 7.06. The smallest absolute Gasteiger partial charge is 0.170 e. The van der Waals surface area contributed by atoms with Gasteiger partial charge in [-0.25, -0.2) is 9.37 Å². The largest absolute Gasteiger partial charge is 0.362 e. The molecule has 2 aromatic rings. The summed E-state index contributed by atoms with van der Waals surface area (Å²) in [6.45, 7) is 5.21. The summed E-state index contributed by atoms with van der Waals surface area (Å²) in [6, 6.07) is 11.1. The average Bonchev–Trinajstić information content (AvgIpc) is 2.79. The zero-order chi connectivity index (χ0) is 21.7. The number of hydrogen-bond acceptors (Lipinski definition) is 3. The Morgan fingerprint density at radius 3 is 2.58 bits per heavy atom. The van der Waals surface area contributed by atoms with Gasteiger partial charge in [0.05, 0.1) is 11.9 Å². The van der Waals surface area contributed by atoms with Crippen molar-refractivity contribution in [2.75, 3.05) is 29.9 Å². The summed E-state index contributed by atoms with van der Waals surface area (Å²) in [5.41, 5.74) is 2.10. The second-order valence-electron chi connectivity index (χ2n) is 9.25. The number of thiocarbonyl (C=S) groups is 1. The quantitative estimate of drug-likeness (QED) is 0.588. The number of hydrogen-bond donors (Lipinski definition) is 2. The number of benzene rings is 1. The van der Waals surface area contributed by atoms with E-state index in [1.807, 2.05) is 24.4 Å². The van der Waals surface area contributed by atoms with Crippen LogP contribution in [0.4, 0.5) is 15.9 Å². The molecule has 6 heteroatoms. The molecule has 166 valence electrons. The van der Waals surface area contributed by atoms with E-state index in [0.717, 1.165) is 49.9 Å². The summed E-state index contributed by atoms with van der Waals surface area (Å²) in [5.74, 6) is 1.57. The van der Waals surface area contributed by atoms with E-state index in [1.54, 1.807) is 12.1 Å². The molecule has 4 rings (SSSR count). The van der Waals surface area contributed by atoms with Gasteiger partial charge in [0, 0.05) is 25.0 Å². The van der Waals surface area contributed by atoms with Crippen LogP contribution in [-0.2, 0) is 5.41 Å². The fourth-order valence-corrected chi connectivity index (χ4v) is 5.26. The van der Waals surface area contributed by atoms with Gasteiger partial charge in [-0.15, -0.1) is 0 Å². The topological polar surface area (TPSA) is 40.2 Å². The van der Waals surface area contributed by atoms with E-state index in [1.165, 1.54) is 37.7 Å². The highest BCUT2D eigenvalue weighted by Gasteiger charge is 2.34. The van der Waals surface area contributed by atoms with Gasteiger partial charge in [0.1, 0.15) is 11.6 Å². The van der Waals surface area contributed by atoms with Crippen LogP contribution in [0.1, 0.15) is 57.4 Å². The summed E-state index contributed by atoms with van der Waals surface area (Å²) in [5, 5.41) is 7.31. The van der Waals surface area contributed by atoms with Gasteiger partial charge >= 0.3 is 0 Å². The van der Waals surface area contributed by atoms with E-state index >= 15 is 0 Å². The molecule has 0 radical (unpaired) electrons. The summed E-state index contributed by atoms with van der Waals surface area (Å²) in [4.78, 5) is 7.01. The molecule has 0 amide bonds. The molecule has 1 aliphatic heterocycles. The van der Waals surface area contributed by atoms with Crippen molar-refractivity contribution in [3.05, 3.63) is 54.0 Å². The van der Waals surface area contributed by atoms with E-state index < -0.39 is 0 Å². The van der Waals surface area contributed by atoms with Crippen LogP contribution in [0.25, 0.3) is 0 Å². The summed E-state index contributed by atoms with van der Waals surface area (Å²) in [7, 11) is 0. The van der Waals surface area contributed by atoms with Gasteiger partial charge in [-0.3, -0.25) is 0 Å². The maximum atomic E-state index is 13.4. The Morgan fingerprint density at radius 1 is 1.13 bits per heavy atom. The fourth-order valence-electron chi connectivity index (χ4n) is 5.07. The standard InChI is InChI=1S/C25H33FN4S/c1-19-6-5-15-30(17-19)23-12-11-22(16-27-23)29-24(31)28-18-25(13-3-2-4-14-25)20-7-9-21(26)10-8-20/h7-12,16,19H,2-6,13-15,17-18H2,1H3,(H2,28,29,31)/t19-/m1/s1. The van der Waals surface area contributed by atoms with Crippen molar-refractivity contribution in [3.8, 4) is 0 Å². The fraction of sp³-hybridized carbons (Fsp3) is 0.520. The molecule has 0 spiro atoms. The molecule has 1 aliphatic carbocycles. The van der Waals surface area contributed by atoms with Crippen molar-refractivity contribution >= 4 is 28.8 Å². The molecular formula is C25H33FN4S. The molecule has 2 N–H and O–H groups in total. The molecule has 1 saturated carbocycles. The minimum atomic E-state index is -0.185. The predicted molar refractivity (Wildman–Crippen MR) is 130 cm³/mol. The van der Waals surface area contributed by atoms with Crippen molar-refractivity contribution in [1.29, 1.82) is 0 Å². The normalized spacial score (nSPS) is 20.8. The number of pyridine rings is 1. The summed E-state index contributed by atoms with van der Waals surface area (Å²) in [6.07, 6.45) is 10.2. The third-order valence-corrected chi connectivity index (χ3v) is 7.09. The third kappa shape index (κ3) is 5.53. The van der Waals surface area contributed by atoms with Gasteiger partial charge in [0.2, 0.25) is 0 Å². The van der Waals surface area contributed by atoms with Gasteiger partial charge in [0.25, 0.3) is 0 Å². The number of rotatable bonds is 5. The maximum Gasteiger partial charge on any atom is 0.170 e. The highest BCUT2D eigenvalue weighted by Crippen LogP contribution is 2.39. The minimum Gasteiger partial charge on any atom is -0.362 e. The Hall–Kier alpha value is -2.21. The zero-order valence-corrected chi connectivity index (χ0v) is 19.2. The third-order valence-electron chi connectivity index (χ3n) is 6.84. The first-order chi connectivity index (χ1) is 15.0. The maximum absolute atomic E-state index is 13.4. The lowest BCUT2D eigenvalue weighted by Gasteiger charge is -2.38. The molecule has 0 unspecified atom stereocenters. The Bertz CT molecular complexity index is 862. The molecule has 0 bridgehead atoms. The highest BCUT2D eigenvalue weighted by atomic mass is 32.1. The van der Waals surface area contributed by atoms with Crippen molar-refractivity contribution in [2.45, 2.75) is 57.3 Å². The lowest BCUT2D eigenvalue weighted by Crippen LogP contribution is -2.43. The summed E-state index contributed by atoms with van der Waals surface area (Å²) < 4.78 is 13.4. The number of nitrogens with zero attached hydrogens (tertiary/aromatic N) is 2. The van der Waals surface area contributed by atoms with Crippen molar-refractivity contribution in [1.82, 2.24) is 10.3 Å². The first-order valence-electron chi connectivity index (χ1n) is 11.6. The molecule has 1 saturated heterocycles. The molecule has 4 nitrogen and oxygen atoms in total. The van der Waals surface area contributed by atoms with Crippen molar-refractivity contribution in [2.24, 2.45) is 5.92 Å². The van der Waals surface area contributed by atoms with Crippen molar-refractivity contribution in [3.63, 3.8) is 0 Å². The Balaban J connectivity index is 1.35. The molecule has 1 atom stereocenters. The van der Waals surface area contributed by atoms with Gasteiger partial charge in [-0.05, 0) is 73.6 Å². The number of aromatic nitrogens is 1. The van der Waals surface area contributed by atoms with Crippen LogP contribution in [0.5, 0.6) is 0 Å². The van der Waals surface area contributed by atoms with Crippen molar-refractivity contribution < 1.29 is 4.39 Å². The highest BCUT2D eigenvalue weighted by molar-refractivity contribution is 7.80. The second-order valence-corrected chi connectivity index (χ2v) is 9.66. The van der Waals surface area contributed by atoms with Crippen LogP contribution in [0.2, 0.25) is 0 Å². The number of halogens is 1. The molecular weight excluding hydrogens is 407 g/mol. The van der Waals surface area contributed by atoms with Gasteiger partial charge in [0.15, 0.2) is 5.11 Å². The number of piperidine rings is 1. The first-order valence-corrected chi connectivity index (χ1v) is 12.0. The number of anilines is 2. The number of nitrogens with one attached hydrogen (secondary N) is 2. The van der Waals surface area contributed by atoms with E-state index in [2.05, 4.69) is 33.5 Å². The first kappa shape index (κ1) is 22.0. The van der Waals surface area contributed by atoms with Crippen LogP contribution >= 0.6 is 12.2 Å². The Morgan fingerprint density at radius 2 is 1.90 bits per heavy atom. The van der Waals surface area contributed by atoms with Crippen LogP contribution in [-0.4, -0.2) is 29.7 Å².